The molecule has 29 heavy (non-hydrogen) atoms. The van der Waals surface area contributed by atoms with Crippen molar-refractivity contribution >= 4 is 27.7 Å². The fourth-order valence-electron chi connectivity index (χ4n) is 4.55. The van der Waals surface area contributed by atoms with Crippen molar-refractivity contribution in [3.05, 3.63) is 34.3 Å². The maximum absolute atomic E-state index is 13.0. The van der Waals surface area contributed by atoms with Crippen LogP contribution in [0, 0.1) is 11.8 Å². The van der Waals surface area contributed by atoms with Crippen molar-refractivity contribution in [3.8, 4) is 0 Å². The van der Waals surface area contributed by atoms with Gasteiger partial charge in [-0.25, -0.2) is 0 Å². The van der Waals surface area contributed by atoms with E-state index in [1.807, 2.05) is 29.2 Å². The van der Waals surface area contributed by atoms with Crippen molar-refractivity contribution in [2.45, 2.75) is 52.0 Å². The van der Waals surface area contributed by atoms with Gasteiger partial charge in [-0.3, -0.25) is 14.5 Å². The van der Waals surface area contributed by atoms with E-state index >= 15 is 0 Å². The van der Waals surface area contributed by atoms with Crippen LogP contribution in [0.1, 0.15) is 56.3 Å². The molecule has 1 aliphatic heterocycles. The van der Waals surface area contributed by atoms with E-state index in [2.05, 4.69) is 40.0 Å². The van der Waals surface area contributed by atoms with Crippen LogP contribution in [0.25, 0.3) is 0 Å². The first kappa shape index (κ1) is 22.3. The number of carbonyl (C=O) groups excluding carboxylic acids is 2. The van der Waals surface area contributed by atoms with Crippen molar-refractivity contribution in [1.29, 1.82) is 0 Å². The second-order valence-corrected chi connectivity index (χ2v) is 9.72. The number of nitrogens with zero attached hydrogens (tertiary/aromatic N) is 2. The first-order valence-corrected chi connectivity index (χ1v) is 11.8. The van der Waals surface area contributed by atoms with Crippen molar-refractivity contribution in [2.75, 3.05) is 32.7 Å². The minimum Gasteiger partial charge on any atom is -0.355 e. The average Bonchev–Trinajstić information content (AvgIpc) is 3.22. The average molecular weight is 464 g/mol. The minimum absolute atomic E-state index is 0.0483. The lowest BCUT2D eigenvalue weighted by Gasteiger charge is -2.40. The Morgan fingerprint density at radius 1 is 1.14 bits per heavy atom. The molecule has 0 radical (unpaired) electrons. The van der Waals surface area contributed by atoms with Crippen LogP contribution in [0.2, 0.25) is 0 Å². The molecule has 2 amide bonds. The number of piperazine rings is 1. The van der Waals surface area contributed by atoms with Crippen LogP contribution in [0.15, 0.2) is 28.7 Å². The second-order valence-electron chi connectivity index (χ2n) is 8.80. The Hall–Kier alpha value is -1.40. The highest BCUT2D eigenvalue weighted by Gasteiger charge is 2.37. The third-order valence-corrected chi connectivity index (χ3v) is 6.70. The standard InChI is InChI=1S/C23H34BrN3O2/c1-17(2)10-11-25-22(28)21(18-6-3-4-7-18)26-12-14-27(15-13-26)23(29)19-8-5-9-20(24)16-19/h5,8-9,16-18,21H,3-4,6-7,10-15H2,1-2H3,(H,25,28). The van der Waals surface area contributed by atoms with Gasteiger partial charge < -0.3 is 10.2 Å². The second kappa shape index (κ2) is 10.6. The topological polar surface area (TPSA) is 52.7 Å². The SMILES string of the molecule is CC(C)CCNC(=O)C(C1CCCC1)N1CCN(C(=O)c2cccc(Br)c2)CC1. The summed E-state index contributed by atoms with van der Waals surface area (Å²) < 4.78 is 0.918. The molecule has 1 heterocycles. The van der Waals surface area contributed by atoms with E-state index in [1.54, 1.807) is 0 Å². The van der Waals surface area contributed by atoms with Crippen LogP contribution < -0.4 is 5.32 Å². The molecule has 6 heteroatoms. The van der Waals surface area contributed by atoms with E-state index in [9.17, 15) is 9.59 Å². The lowest BCUT2D eigenvalue weighted by Crippen LogP contribution is -2.58. The van der Waals surface area contributed by atoms with Crippen LogP contribution in [-0.2, 0) is 4.79 Å². The summed E-state index contributed by atoms with van der Waals surface area (Å²) in [6.07, 6.45) is 5.74. The van der Waals surface area contributed by atoms with Crippen LogP contribution >= 0.6 is 15.9 Å². The summed E-state index contributed by atoms with van der Waals surface area (Å²) in [6, 6.07) is 7.51. The van der Waals surface area contributed by atoms with Crippen LogP contribution in [0.5, 0.6) is 0 Å². The Balaban J connectivity index is 1.60. The summed E-state index contributed by atoms with van der Waals surface area (Å²) >= 11 is 3.44. The molecule has 0 spiro atoms. The first-order valence-electron chi connectivity index (χ1n) is 11.0. The molecule has 1 aromatic carbocycles. The maximum atomic E-state index is 13.0. The number of halogens is 1. The van der Waals surface area contributed by atoms with Crippen LogP contribution in [0.3, 0.4) is 0 Å². The number of carbonyl (C=O) groups is 2. The molecule has 2 aliphatic rings. The minimum atomic E-state index is -0.0483. The number of rotatable bonds is 7. The van der Waals surface area contributed by atoms with Crippen molar-refractivity contribution in [3.63, 3.8) is 0 Å². The van der Waals surface area contributed by atoms with E-state index < -0.39 is 0 Å². The zero-order valence-corrected chi connectivity index (χ0v) is 19.3. The number of hydrogen-bond donors (Lipinski definition) is 1. The van der Waals surface area contributed by atoms with Gasteiger partial charge in [0.1, 0.15) is 0 Å². The summed E-state index contributed by atoms with van der Waals surface area (Å²) in [7, 11) is 0. The van der Waals surface area contributed by atoms with Gasteiger partial charge in [0.05, 0.1) is 6.04 Å². The molecule has 0 bridgehead atoms. The van der Waals surface area contributed by atoms with E-state index in [-0.39, 0.29) is 17.9 Å². The molecule has 1 N–H and O–H groups in total. The molecular formula is C23H34BrN3O2. The smallest absolute Gasteiger partial charge is 0.253 e. The van der Waals surface area contributed by atoms with Gasteiger partial charge in [-0.2, -0.15) is 0 Å². The highest BCUT2D eigenvalue weighted by atomic mass is 79.9. The molecule has 1 aromatic rings. The molecule has 1 saturated carbocycles. The number of nitrogens with one attached hydrogen (secondary N) is 1. The highest BCUT2D eigenvalue weighted by Crippen LogP contribution is 2.31. The van der Waals surface area contributed by atoms with Crippen LogP contribution in [-0.4, -0.2) is 60.4 Å². The zero-order chi connectivity index (χ0) is 20.8. The molecule has 0 aromatic heterocycles. The van der Waals surface area contributed by atoms with Gasteiger partial charge in [-0.05, 0) is 49.3 Å². The lowest BCUT2D eigenvalue weighted by molar-refractivity contribution is -0.129. The molecule has 1 aliphatic carbocycles. The summed E-state index contributed by atoms with van der Waals surface area (Å²) in [6.45, 7) is 7.99. The van der Waals surface area contributed by atoms with E-state index in [1.165, 1.54) is 12.8 Å². The quantitative estimate of drug-likeness (QED) is 0.666. The van der Waals surface area contributed by atoms with Gasteiger partial charge in [0.25, 0.3) is 5.91 Å². The number of amides is 2. The van der Waals surface area contributed by atoms with Gasteiger partial charge >= 0.3 is 0 Å². The Kier molecular flexibility index (Phi) is 8.13. The molecule has 2 fully saturated rings. The summed E-state index contributed by atoms with van der Waals surface area (Å²) in [4.78, 5) is 30.1. The third kappa shape index (κ3) is 6.05. The Morgan fingerprint density at radius 2 is 1.83 bits per heavy atom. The van der Waals surface area contributed by atoms with Crippen molar-refractivity contribution in [1.82, 2.24) is 15.1 Å². The van der Waals surface area contributed by atoms with Gasteiger partial charge in [0.15, 0.2) is 0 Å². The van der Waals surface area contributed by atoms with Gasteiger partial charge in [-0.15, -0.1) is 0 Å². The molecule has 160 valence electrons. The van der Waals surface area contributed by atoms with E-state index in [0.717, 1.165) is 43.4 Å². The summed E-state index contributed by atoms with van der Waals surface area (Å²) in [5.41, 5.74) is 0.714. The molecule has 5 nitrogen and oxygen atoms in total. The first-order chi connectivity index (χ1) is 14.0. The predicted molar refractivity (Wildman–Crippen MR) is 120 cm³/mol. The number of hydrogen-bond acceptors (Lipinski definition) is 3. The van der Waals surface area contributed by atoms with Gasteiger partial charge in [0.2, 0.25) is 5.91 Å². The van der Waals surface area contributed by atoms with Crippen molar-refractivity contribution < 1.29 is 9.59 Å². The molecule has 1 unspecified atom stereocenters. The summed E-state index contributed by atoms with van der Waals surface area (Å²) in [5, 5.41) is 3.19. The maximum Gasteiger partial charge on any atom is 0.253 e. The highest BCUT2D eigenvalue weighted by molar-refractivity contribution is 9.10. The van der Waals surface area contributed by atoms with E-state index in [4.69, 9.17) is 0 Å². The van der Waals surface area contributed by atoms with Gasteiger partial charge in [0, 0.05) is 42.8 Å². The molecule has 1 saturated heterocycles. The van der Waals surface area contributed by atoms with E-state index in [0.29, 0.717) is 30.5 Å². The zero-order valence-electron chi connectivity index (χ0n) is 17.7. The van der Waals surface area contributed by atoms with Crippen molar-refractivity contribution in [2.24, 2.45) is 11.8 Å². The predicted octanol–water partition coefficient (Wildman–Crippen LogP) is 3.93. The normalized spacial score (nSPS) is 19.5. The Bertz CT molecular complexity index is 695. The Labute approximate surface area is 183 Å². The lowest BCUT2D eigenvalue weighted by atomic mass is 9.94. The molecule has 3 rings (SSSR count). The van der Waals surface area contributed by atoms with Gasteiger partial charge in [-0.1, -0.05) is 48.7 Å². The molecular weight excluding hydrogens is 430 g/mol. The fourth-order valence-corrected chi connectivity index (χ4v) is 4.95. The van der Waals surface area contributed by atoms with Crippen LogP contribution in [0.4, 0.5) is 0 Å². The monoisotopic (exact) mass is 463 g/mol. The Morgan fingerprint density at radius 3 is 2.45 bits per heavy atom. The fraction of sp³-hybridized carbons (Fsp3) is 0.652. The largest absolute Gasteiger partial charge is 0.355 e. The summed E-state index contributed by atoms with van der Waals surface area (Å²) in [5.74, 6) is 1.29. The molecule has 1 atom stereocenters. The third-order valence-electron chi connectivity index (χ3n) is 6.20. The number of benzene rings is 1.